The third-order valence-corrected chi connectivity index (χ3v) is 4.55. The number of nitrogens with zero attached hydrogens (tertiary/aromatic N) is 1. The monoisotopic (exact) mass is 267 g/mol. The molecule has 0 aromatic heterocycles. The molecule has 0 aromatic carbocycles. The van der Waals surface area contributed by atoms with Crippen LogP contribution in [-0.4, -0.2) is 49.9 Å². The zero-order chi connectivity index (χ0) is 13.9. The largest absolute Gasteiger partial charge is 0.359 e. The highest BCUT2D eigenvalue weighted by atomic mass is 16.2. The van der Waals surface area contributed by atoms with Crippen molar-refractivity contribution in [2.75, 3.05) is 33.2 Å². The minimum Gasteiger partial charge on any atom is -0.359 e. The lowest BCUT2D eigenvalue weighted by atomic mass is 9.79. The van der Waals surface area contributed by atoms with Gasteiger partial charge in [0.05, 0.1) is 5.92 Å². The highest BCUT2D eigenvalue weighted by Crippen LogP contribution is 2.32. The van der Waals surface area contributed by atoms with E-state index >= 15 is 0 Å². The van der Waals surface area contributed by atoms with Crippen LogP contribution in [0.1, 0.15) is 32.6 Å². The summed E-state index contributed by atoms with van der Waals surface area (Å²) >= 11 is 0. The fourth-order valence-electron chi connectivity index (χ4n) is 3.15. The maximum atomic E-state index is 12.7. The third kappa shape index (κ3) is 3.08. The molecule has 2 saturated heterocycles. The molecule has 2 heterocycles. The van der Waals surface area contributed by atoms with Crippen LogP contribution in [0.3, 0.4) is 0 Å². The predicted octanol–water partition coefficient (Wildman–Crippen LogP) is 0.361. The Morgan fingerprint density at radius 3 is 2.63 bits per heavy atom. The van der Waals surface area contributed by atoms with Gasteiger partial charge in [-0.25, -0.2) is 0 Å². The first kappa shape index (κ1) is 14.3. The Labute approximate surface area is 115 Å². The second-order valence-corrected chi connectivity index (χ2v) is 6.02. The van der Waals surface area contributed by atoms with Crippen LogP contribution in [0.4, 0.5) is 0 Å². The molecule has 5 nitrogen and oxygen atoms in total. The second-order valence-electron chi connectivity index (χ2n) is 6.02. The number of nitrogens with one attached hydrogen (secondary N) is 2. The molecule has 0 saturated carbocycles. The van der Waals surface area contributed by atoms with Crippen LogP contribution in [0, 0.1) is 11.3 Å². The van der Waals surface area contributed by atoms with Gasteiger partial charge in [-0.3, -0.25) is 9.59 Å². The number of piperidine rings is 2. The molecule has 2 aliphatic rings. The van der Waals surface area contributed by atoms with Crippen LogP contribution in [0.2, 0.25) is 0 Å². The zero-order valence-corrected chi connectivity index (χ0v) is 12.0. The van der Waals surface area contributed by atoms with E-state index in [1.165, 1.54) is 0 Å². The van der Waals surface area contributed by atoms with E-state index < -0.39 is 0 Å². The van der Waals surface area contributed by atoms with Gasteiger partial charge in [0.2, 0.25) is 11.8 Å². The van der Waals surface area contributed by atoms with Gasteiger partial charge in [0, 0.05) is 25.6 Å². The topological polar surface area (TPSA) is 61.4 Å². The van der Waals surface area contributed by atoms with Crippen molar-refractivity contribution in [1.29, 1.82) is 0 Å². The van der Waals surface area contributed by atoms with E-state index in [2.05, 4.69) is 17.6 Å². The molecule has 0 radical (unpaired) electrons. The minimum absolute atomic E-state index is 0.0342. The zero-order valence-electron chi connectivity index (χ0n) is 12.0. The molecule has 19 heavy (non-hydrogen) atoms. The Morgan fingerprint density at radius 1 is 1.32 bits per heavy atom. The third-order valence-electron chi connectivity index (χ3n) is 4.55. The molecule has 5 heteroatoms. The molecule has 108 valence electrons. The molecule has 0 spiro atoms. The van der Waals surface area contributed by atoms with Crippen LogP contribution >= 0.6 is 0 Å². The van der Waals surface area contributed by atoms with Crippen molar-refractivity contribution in [2.24, 2.45) is 11.3 Å². The summed E-state index contributed by atoms with van der Waals surface area (Å²) < 4.78 is 0. The molecule has 0 aliphatic carbocycles. The minimum atomic E-state index is -0.240. The quantitative estimate of drug-likeness (QED) is 0.759. The van der Waals surface area contributed by atoms with E-state index in [1.807, 2.05) is 4.90 Å². The lowest BCUT2D eigenvalue weighted by molar-refractivity contribution is -0.145. The van der Waals surface area contributed by atoms with Gasteiger partial charge in [0.25, 0.3) is 0 Å². The van der Waals surface area contributed by atoms with Gasteiger partial charge in [-0.1, -0.05) is 6.92 Å². The molecule has 2 aliphatic heterocycles. The summed E-state index contributed by atoms with van der Waals surface area (Å²) in [7, 11) is 1.66. The highest BCUT2D eigenvalue weighted by molar-refractivity contribution is 5.84. The Bertz CT molecular complexity index is 351. The van der Waals surface area contributed by atoms with E-state index in [9.17, 15) is 9.59 Å². The number of carbonyl (C=O) groups is 2. The molecular formula is C14H25N3O2. The Kier molecular flexibility index (Phi) is 4.45. The second kappa shape index (κ2) is 5.90. The number of amides is 2. The SMILES string of the molecule is CNC(=O)C1CCCN(C(=O)C2(C)CCNCC2)C1. The van der Waals surface area contributed by atoms with Crippen LogP contribution in [-0.2, 0) is 9.59 Å². The van der Waals surface area contributed by atoms with Gasteiger partial charge < -0.3 is 15.5 Å². The van der Waals surface area contributed by atoms with Crippen molar-refractivity contribution in [3.63, 3.8) is 0 Å². The lowest BCUT2D eigenvalue weighted by Crippen LogP contribution is -2.52. The fraction of sp³-hybridized carbons (Fsp3) is 0.857. The molecule has 2 fully saturated rings. The van der Waals surface area contributed by atoms with Gasteiger partial charge >= 0.3 is 0 Å². The summed E-state index contributed by atoms with van der Waals surface area (Å²) in [6.07, 6.45) is 3.61. The van der Waals surface area contributed by atoms with Crippen molar-refractivity contribution in [2.45, 2.75) is 32.6 Å². The number of hydrogen-bond acceptors (Lipinski definition) is 3. The first-order valence-electron chi connectivity index (χ1n) is 7.28. The van der Waals surface area contributed by atoms with E-state index in [0.29, 0.717) is 6.54 Å². The summed E-state index contributed by atoms with van der Waals surface area (Å²) in [5.74, 6) is 0.267. The lowest BCUT2D eigenvalue weighted by Gasteiger charge is -2.40. The molecule has 0 bridgehead atoms. The summed E-state index contributed by atoms with van der Waals surface area (Å²) in [5, 5.41) is 6.00. The van der Waals surface area contributed by atoms with Crippen molar-refractivity contribution in [3.8, 4) is 0 Å². The standard InChI is InChI=1S/C14H25N3O2/c1-14(5-7-16-8-6-14)13(19)17-9-3-4-11(10-17)12(18)15-2/h11,16H,3-10H2,1-2H3,(H,15,18). The molecule has 2 amide bonds. The molecule has 0 aromatic rings. The Balaban J connectivity index is 2.00. The van der Waals surface area contributed by atoms with Crippen molar-refractivity contribution < 1.29 is 9.59 Å². The molecule has 2 N–H and O–H groups in total. The van der Waals surface area contributed by atoms with E-state index in [-0.39, 0.29) is 23.1 Å². The van der Waals surface area contributed by atoms with Gasteiger partial charge in [-0.2, -0.15) is 0 Å². The molecular weight excluding hydrogens is 242 g/mol. The number of rotatable bonds is 2. The Morgan fingerprint density at radius 2 is 2.00 bits per heavy atom. The van der Waals surface area contributed by atoms with Crippen LogP contribution in [0.5, 0.6) is 0 Å². The van der Waals surface area contributed by atoms with Crippen LogP contribution in [0.25, 0.3) is 0 Å². The van der Waals surface area contributed by atoms with E-state index in [0.717, 1.165) is 45.3 Å². The van der Waals surface area contributed by atoms with Gasteiger partial charge in [-0.05, 0) is 38.8 Å². The first-order valence-corrected chi connectivity index (χ1v) is 7.28. The van der Waals surface area contributed by atoms with Crippen LogP contribution in [0.15, 0.2) is 0 Å². The summed E-state index contributed by atoms with van der Waals surface area (Å²) in [6, 6.07) is 0. The summed E-state index contributed by atoms with van der Waals surface area (Å²) in [5.41, 5.74) is -0.240. The first-order chi connectivity index (χ1) is 9.07. The predicted molar refractivity (Wildman–Crippen MR) is 73.6 cm³/mol. The van der Waals surface area contributed by atoms with E-state index in [1.54, 1.807) is 7.05 Å². The fourth-order valence-corrected chi connectivity index (χ4v) is 3.15. The van der Waals surface area contributed by atoms with Crippen molar-refractivity contribution >= 4 is 11.8 Å². The normalized spacial score (nSPS) is 26.8. The molecule has 1 atom stereocenters. The van der Waals surface area contributed by atoms with Crippen LogP contribution < -0.4 is 10.6 Å². The van der Waals surface area contributed by atoms with Crippen molar-refractivity contribution in [1.82, 2.24) is 15.5 Å². The van der Waals surface area contributed by atoms with Crippen molar-refractivity contribution in [3.05, 3.63) is 0 Å². The number of carbonyl (C=O) groups excluding carboxylic acids is 2. The molecule has 1 unspecified atom stereocenters. The molecule has 2 rings (SSSR count). The maximum absolute atomic E-state index is 12.7. The number of hydrogen-bond donors (Lipinski definition) is 2. The highest BCUT2D eigenvalue weighted by Gasteiger charge is 2.39. The Hall–Kier alpha value is -1.10. The smallest absolute Gasteiger partial charge is 0.228 e. The average Bonchev–Trinajstić information content (AvgIpc) is 2.46. The summed E-state index contributed by atoms with van der Waals surface area (Å²) in [6.45, 7) is 5.28. The van der Waals surface area contributed by atoms with Gasteiger partial charge in [0.1, 0.15) is 0 Å². The van der Waals surface area contributed by atoms with E-state index in [4.69, 9.17) is 0 Å². The average molecular weight is 267 g/mol. The summed E-state index contributed by atoms with van der Waals surface area (Å²) in [4.78, 5) is 26.3. The number of likely N-dealkylation sites (tertiary alicyclic amines) is 1. The van der Waals surface area contributed by atoms with Gasteiger partial charge in [0.15, 0.2) is 0 Å². The maximum Gasteiger partial charge on any atom is 0.228 e. The van der Waals surface area contributed by atoms with Gasteiger partial charge in [-0.15, -0.1) is 0 Å².